The molecule has 2 aromatic carbocycles. The Labute approximate surface area is 252 Å². The van der Waals surface area contributed by atoms with Crippen LogP contribution >= 0.6 is 0 Å². The van der Waals surface area contributed by atoms with Crippen LogP contribution in [0.1, 0.15) is 19.4 Å². The summed E-state index contributed by atoms with van der Waals surface area (Å²) < 4.78 is 17.1. The fourth-order valence-corrected chi connectivity index (χ4v) is 5.39. The van der Waals surface area contributed by atoms with Crippen LogP contribution < -0.4 is 15.5 Å². The number of ether oxygens (including phenoxy) is 2. The maximum atomic E-state index is 13.2. The number of hydrogen-bond donors (Lipinski definition) is 7. The van der Waals surface area contributed by atoms with Crippen molar-refractivity contribution in [3.8, 4) is 22.6 Å². The molecule has 3 heterocycles. The molecule has 0 bridgehead atoms. The highest BCUT2D eigenvalue weighted by Gasteiger charge is 2.58. The Bertz CT molecular complexity index is 1640. The number of carboxylic acids is 1. The van der Waals surface area contributed by atoms with Crippen LogP contribution in [-0.2, 0) is 16.0 Å². The molecule has 1 fully saturated rings. The number of H-pyrrole nitrogens is 1. The van der Waals surface area contributed by atoms with Crippen LogP contribution in [0.4, 0.5) is 0 Å². The molecule has 4 aromatic rings. The highest BCUT2D eigenvalue weighted by molar-refractivity contribution is 5.82. The molecular formula is C32H36N2O10. The number of aliphatic hydroxyl groups excluding tert-OH is 2. The molecule has 1 aliphatic heterocycles. The Kier molecular flexibility index (Phi) is 9.09. The zero-order chi connectivity index (χ0) is 31.6. The van der Waals surface area contributed by atoms with Gasteiger partial charge in [0.25, 0.3) is 0 Å². The normalized spacial score (nSPS) is 24.4. The molecule has 0 saturated carbocycles. The van der Waals surface area contributed by atoms with Crippen LogP contribution in [0.3, 0.4) is 0 Å². The third-order valence-corrected chi connectivity index (χ3v) is 8.15. The highest BCUT2D eigenvalue weighted by Crippen LogP contribution is 2.33. The summed E-state index contributed by atoms with van der Waals surface area (Å²) in [5, 5.41) is 55.7. The van der Waals surface area contributed by atoms with Crippen molar-refractivity contribution in [2.75, 3.05) is 13.1 Å². The molecule has 12 heteroatoms. The molecule has 6 atom stereocenters. The number of aliphatic carboxylic acids is 1. The molecule has 2 aromatic heterocycles. The molecule has 1 saturated heterocycles. The van der Waals surface area contributed by atoms with Gasteiger partial charge in [0.05, 0.1) is 10.9 Å². The largest absolute Gasteiger partial charge is 0.508 e. The third kappa shape index (κ3) is 6.35. The molecule has 0 spiro atoms. The lowest BCUT2D eigenvalue weighted by Crippen LogP contribution is -2.71. The van der Waals surface area contributed by atoms with Gasteiger partial charge >= 0.3 is 5.97 Å². The first-order valence-corrected chi connectivity index (χ1v) is 14.3. The van der Waals surface area contributed by atoms with Gasteiger partial charge in [-0.3, -0.25) is 4.79 Å². The summed E-state index contributed by atoms with van der Waals surface area (Å²) in [4.78, 5) is 28.0. The van der Waals surface area contributed by atoms with Crippen molar-refractivity contribution in [3.63, 3.8) is 0 Å². The average Bonchev–Trinajstić information content (AvgIpc) is 3.51. The Morgan fingerprint density at radius 3 is 2.55 bits per heavy atom. The van der Waals surface area contributed by atoms with E-state index in [4.69, 9.17) is 13.9 Å². The fourth-order valence-electron chi connectivity index (χ4n) is 5.39. The van der Waals surface area contributed by atoms with Gasteiger partial charge in [-0.05, 0) is 66.3 Å². The number of aromatic amines is 1. The molecule has 0 radical (unpaired) electrons. The first-order chi connectivity index (χ1) is 21.0. The second kappa shape index (κ2) is 12.8. The number of nitrogens with one attached hydrogen (secondary N) is 2. The van der Waals surface area contributed by atoms with Crippen molar-refractivity contribution in [2.45, 2.75) is 50.5 Å². The van der Waals surface area contributed by atoms with Crippen molar-refractivity contribution < 1.29 is 44.2 Å². The van der Waals surface area contributed by atoms with Gasteiger partial charge in [0, 0.05) is 25.0 Å². The monoisotopic (exact) mass is 608 g/mol. The number of phenols is 1. The number of aromatic nitrogens is 1. The quantitative estimate of drug-likeness (QED) is 0.132. The highest BCUT2D eigenvalue weighted by atomic mass is 16.7. The fraction of sp³-hybridized carbons (Fsp3) is 0.375. The van der Waals surface area contributed by atoms with Crippen molar-refractivity contribution >= 4 is 16.9 Å². The summed E-state index contributed by atoms with van der Waals surface area (Å²) in [6, 6.07) is 12.3. The summed E-state index contributed by atoms with van der Waals surface area (Å²) >= 11 is 0. The van der Waals surface area contributed by atoms with Crippen LogP contribution in [0.15, 0.2) is 76.4 Å². The van der Waals surface area contributed by atoms with E-state index in [2.05, 4.69) is 24.1 Å². The zero-order valence-electron chi connectivity index (χ0n) is 24.2. The first-order valence-electron chi connectivity index (χ1n) is 14.3. The van der Waals surface area contributed by atoms with Crippen molar-refractivity contribution in [3.05, 3.63) is 83.0 Å². The van der Waals surface area contributed by atoms with Crippen LogP contribution in [0.5, 0.6) is 11.5 Å². The number of hydrogen-bond acceptors (Lipinski definition) is 10. The van der Waals surface area contributed by atoms with Crippen LogP contribution in [0.25, 0.3) is 22.1 Å². The number of benzene rings is 2. The number of carboxylic acid groups (broad SMARTS) is 1. The number of aromatic hydroxyl groups is 1. The number of phenolic OH excluding ortho intramolecular Hbond substituents is 1. The van der Waals surface area contributed by atoms with Gasteiger partial charge in [-0.2, -0.15) is 0 Å². The van der Waals surface area contributed by atoms with Gasteiger partial charge < -0.3 is 49.7 Å². The van der Waals surface area contributed by atoms with Gasteiger partial charge in [0.1, 0.15) is 35.6 Å². The van der Waals surface area contributed by atoms with E-state index in [1.165, 1.54) is 36.6 Å². The van der Waals surface area contributed by atoms with E-state index in [-0.39, 0.29) is 51.8 Å². The van der Waals surface area contributed by atoms with Crippen LogP contribution in [0.2, 0.25) is 0 Å². The lowest BCUT2D eigenvalue weighted by atomic mass is 9.85. The van der Waals surface area contributed by atoms with E-state index >= 15 is 0 Å². The Morgan fingerprint density at radius 2 is 1.89 bits per heavy atom. The minimum absolute atomic E-state index is 0.0556. The Morgan fingerprint density at radius 1 is 1.14 bits per heavy atom. The second-order valence-corrected chi connectivity index (χ2v) is 11.5. The van der Waals surface area contributed by atoms with E-state index in [9.17, 15) is 35.1 Å². The number of aliphatic hydroxyl groups is 3. The van der Waals surface area contributed by atoms with Crippen LogP contribution in [-0.4, -0.2) is 79.8 Å². The van der Waals surface area contributed by atoms with E-state index in [0.29, 0.717) is 12.1 Å². The minimum atomic E-state index is -2.26. The number of carbonyl (C=O) groups is 1. The van der Waals surface area contributed by atoms with Crippen molar-refractivity contribution in [1.29, 1.82) is 0 Å². The summed E-state index contributed by atoms with van der Waals surface area (Å²) in [5.41, 5.74) is -0.509. The maximum absolute atomic E-state index is 13.2. The molecular weight excluding hydrogens is 572 g/mol. The van der Waals surface area contributed by atoms with Gasteiger partial charge in [0.15, 0.2) is 17.1 Å². The average molecular weight is 609 g/mol. The summed E-state index contributed by atoms with van der Waals surface area (Å²) in [5.74, 6) is -1.00. The SMILES string of the molecule is CC(C)[C@H](CNC[C@]1(O)[C@H](Oc2ccc3c(=O)c(-c4ccc(O)cc4)coc3c2)O[C@H](C(=O)O)[C@@H](O)[C@@H]1O)Cc1cc[nH]c1. The molecule has 0 aliphatic carbocycles. The molecule has 1 aliphatic rings. The molecule has 5 rings (SSSR count). The van der Waals surface area contributed by atoms with Gasteiger partial charge in [-0.1, -0.05) is 26.0 Å². The Hall–Kier alpha value is -4.20. The summed E-state index contributed by atoms with van der Waals surface area (Å²) in [6.07, 6.45) is -1.70. The standard InChI is InChI=1S/C32H36N2O10/c1-17(2)20(11-18-9-10-33-13-18)14-34-16-32(41)29(38)27(37)28(30(39)40)44-31(32)43-22-7-8-23-25(12-22)42-15-24(26(23)36)19-3-5-21(35)6-4-19/h3-10,12-13,15,17,20,27-29,31,33-35,37-38,41H,11,14,16H2,1-2H3,(H,39,40)/t20-,27+,28-,29-,31+,32+/m0/s1. The predicted molar refractivity (Wildman–Crippen MR) is 159 cm³/mol. The van der Waals surface area contributed by atoms with Crippen LogP contribution in [0, 0.1) is 11.8 Å². The smallest absolute Gasteiger partial charge is 0.335 e. The topological polar surface area (TPSA) is 195 Å². The molecule has 234 valence electrons. The van der Waals surface area contributed by atoms with E-state index < -0.39 is 36.2 Å². The van der Waals surface area contributed by atoms with Gasteiger partial charge in [0.2, 0.25) is 6.29 Å². The minimum Gasteiger partial charge on any atom is -0.508 e. The third-order valence-electron chi connectivity index (χ3n) is 8.15. The number of rotatable bonds is 11. The number of fused-ring (bicyclic) bond motifs is 1. The zero-order valence-corrected chi connectivity index (χ0v) is 24.2. The Balaban J connectivity index is 1.38. The maximum Gasteiger partial charge on any atom is 0.335 e. The second-order valence-electron chi connectivity index (χ2n) is 11.5. The molecule has 7 N–H and O–H groups in total. The first kappa shape index (κ1) is 31.2. The molecule has 44 heavy (non-hydrogen) atoms. The van der Waals surface area contributed by atoms with E-state index in [1.54, 1.807) is 12.1 Å². The van der Waals surface area contributed by atoms with Gasteiger partial charge in [-0.25, -0.2) is 4.79 Å². The summed E-state index contributed by atoms with van der Waals surface area (Å²) in [6.45, 7) is 4.29. The predicted octanol–water partition coefficient (Wildman–Crippen LogP) is 2.24. The lowest BCUT2D eigenvalue weighted by molar-refractivity contribution is -0.311. The van der Waals surface area contributed by atoms with Crippen molar-refractivity contribution in [2.24, 2.45) is 11.8 Å². The van der Waals surface area contributed by atoms with E-state index in [0.717, 1.165) is 12.0 Å². The molecule has 12 nitrogen and oxygen atoms in total. The van der Waals surface area contributed by atoms with Crippen molar-refractivity contribution in [1.82, 2.24) is 10.3 Å². The molecule has 0 amide bonds. The van der Waals surface area contributed by atoms with Gasteiger partial charge in [-0.15, -0.1) is 0 Å². The summed E-state index contributed by atoms with van der Waals surface area (Å²) in [7, 11) is 0. The lowest BCUT2D eigenvalue weighted by Gasteiger charge is -2.47. The molecule has 0 unspecified atom stereocenters. The van der Waals surface area contributed by atoms with E-state index in [1.807, 2.05) is 18.5 Å².